The first kappa shape index (κ1) is 14.7. The molecule has 0 radical (unpaired) electrons. The van der Waals surface area contributed by atoms with Gasteiger partial charge in [0.05, 0.1) is 30.6 Å². The molecule has 104 valence electrons. The second-order valence-corrected chi connectivity index (χ2v) is 4.02. The van der Waals surface area contributed by atoms with Gasteiger partial charge in [-0.2, -0.15) is 0 Å². The van der Waals surface area contributed by atoms with Gasteiger partial charge >= 0.3 is 5.97 Å². The summed E-state index contributed by atoms with van der Waals surface area (Å²) in [5.41, 5.74) is 6.13. The molecule has 1 rings (SSSR count). The third kappa shape index (κ3) is 4.13. The summed E-state index contributed by atoms with van der Waals surface area (Å²) in [7, 11) is 3.31. The maximum absolute atomic E-state index is 11.6. The predicted molar refractivity (Wildman–Crippen MR) is 71.8 cm³/mol. The van der Waals surface area contributed by atoms with Crippen LogP contribution in [0.1, 0.15) is 17.3 Å². The van der Waals surface area contributed by atoms with E-state index in [0.29, 0.717) is 5.82 Å². The Kier molecular flexibility index (Phi) is 5.11. The summed E-state index contributed by atoms with van der Waals surface area (Å²) in [6.45, 7) is 2.07. The number of amides is 1. The molecule has 0 atom stereocenters. The molecular formula is C12H18N4O3. The summed E-state index contributed by atoms with van der Waals surface area (Å²) in [5, 5.41) is 2.82. The lowest BCUT2D eigenvalue weighted by Gasteiger charge is -2.12. The van der Waals surface area contributed by atoms with Gasteiger partial charge in [-0.25, -0.2) is 9.78 Å². The Morgan fingerprint density at radius 2 is 2.16 bits per heavy atom. The van der Waals surface area contributed by atoms with Crippen molar-refractivity contribution >= 4 is 23.4 Å². The van der Waals surface area contributed by atoms with Crippen molar-refractivity contribution in [3.05, 3.63) is 17.8 Å². The van der Waals surface area contributed by atoms with Gasteiger partial charge in [-0.15, -0.1) is 0 Å². The van der Waals surface area contributed by atoms with Gasteiger partial charge in [-0.1, -0.05) is 0 Å². The number of carbonyl (C=O) groups excluding carboxylic acids is 2. The normalized spacial score (nSPS) is 9.84. The molecule has 0 saturated carbocycles. The zero-order valence-corrected chi connectivity index (χ0v) is 11.3. The van der Waals surface area contributed by atoms with E-state index in [4.69, 9.17) is 10.5 Å². The number of aromatic nitrogens is 1. The van der Waals surface area contributed by atoms with E-state index in [1.807, 2.05) is 0 Å². The van der Waals surface area contributed by atoms with Gasteiger partial charge in [0.1, 0.15) is 5.82 Å². The van der Waals surface area contributed by atoms with Gasteiger partial charge in [0.15, 0.2) is 0 Å². The highest BCUT2D eigenvalue weighted by Gasteiger charge is 2.13. The number of nitrogens with two attached hydrogens (primary N) is 1. The molecular weight excluding hydrogens is 248 g/mol. The molecule has 1 aromatic heterocycles. The van der Waals surface area contributed by atoms with Crippen LogP contribution in [-0.4, -0.2) is 49.0 Å². The van der Waals surface area contributed by atoms with Crippen LogP contribution in [0.2, 0.25) is 0 Å². The van der Waals surface area contributed by atoms with E-state index in [1.54, 1.807) is 21.0 Å². The minimum absolute atomic E-state index is 0.0895. The lowest BCUT2D eigenvalue weighted by Crippen LogP contribution is -2.28. The average molecular weight is 266 g/mol. The fraction of sp³-hybridized carbons (Fsp3) is 0.417. The van der Waals surface area contributed by atoms with Crippen LogP contribution in [0.4, 0.5) is 11.5 Å². The monoisotopic (exact) mass is 266 g/mol. The Balaban J connectivity index is 2.79. The first-order chi connectivity index (χ1) is 8.95. The number of rotatable bonds is 5. The first-order valence-corrected chi connectivity index (χ1v) is 5.82. The van der Waals surface area contributed by atoms with Crippen molar-refractivity contribution in [2.45, 2.75) is 6.92 Å². The molecule has 0 bridgehead atoms. The molecule has 0 aromatic carbocycles. The highest BCUT2D eigenvalue weighted by Crippen LogP contribution is 2.15. The minimum Gasteiger partial charge on any atom is -0.462 e. The maximum Gasteiger partial charge on any atom is 0.340 e. The summed E-state index contributed by atoms with van der Waals surface area (Å²) < 4.78 is 4.88. The fourth-order valence-corrected chi connectivity index (χ4v) is 1.27. The van der Waals surface area contributed by atoms with Crippen molar-refractivity contribution in [2.75, 3.05) is 38.3 Å². The highest BCUT2D eigenvalue weighted by molar-refractivity contribution is 5.95. The zero-order valence-electron chi connectivity index (χ0n) is 11.3. The molecule has 3 N–H and O–H groups in total. The van der Waals surface area contributed by atoms with Crippen LogP contribution >= 0.6 is 0 Å². The summed E-state index contributed by atoms with van der Waals surface area (Å²) >= 11 is 0. The second kappa shape index (κ2) is 6.58. The van der Waals surface area contributed by atoms with Crippen molar-refractivity contribution in [1.29, 1.82) is 0 Å². The van der Waals surface area contributed by atoms with E-state index in [9.17, 15) is 9.59 Å². The summed E-state index contributed by atoms with van der Waals surface area (Å²) in [4.78, 5) is 28.5. The van der Waals surface area contributed by atoms with E-state index in [-0.39, 0.29) is 30.3 Å². The quantitative estimate of drug-likeness (QED) is 0.746. The van der Waals surface area contributed by atoms with Crippen LogP contribution in [0.15, 0.2) is 12.3 Å². The van der Waals surface area contributed by atoms with Gasteiger partial charge < -0.3 is 20.7 Å². The van der Waals surface area contributed by atoms with Crippen LogP contribution in [0.25, 0.3) is 0 Å². The van der Waals surface area contributed by atoms with Crippen molar-refractivity contribution in [1.82, 2.24) is 9.88 Å². The fourth-order valence-electron chi connectivity index (χ4n) is 1.27. The van der Waals surface area contributed by atoms with Crippen molar-refractivity contribution in [3.63, 3.8) is 0 Å². The number of likely N-dealkylation sites (N-methyl/N-ethyl adjacent to an activating group) is 1. The Bertz CT molecular complexity index is 474. The second-order valence-electron chi connectivity index (χ2n) is 4.02. The predicted octanol–water partition coefficient (Wildman–Crippen LogP) is 0.341. The summed E-state index contributed by atoms with van der Waals surface area (Å²) in [6, 6.07) is 1.47. The van der Waals surface area contributed by atoms with E-state index in [0.717, 1.165) is 0 Å². The van der Waals surface area contributed by atoms with Crippen LogP contribution in [0, 0.1) is 0 Å². The molecule has 0 fully saturated rings. The highest BCUT2D eigenvalue weighted by atomic mass is 16.5. The van der Waals surface area contributed by atoms with E-state index in [2.05, 4.69) is 10.3 Å². The lowest BCUT2D eigenvalue weighted by molar-refractivity contribution is -0.126. The molecule has 7 heteroatoms. The number of hydrogen-bond acceptors (Lipinski definition) is 6. The molecule has 19 heavy (non-hydrogen) atoms. The number of pyridine rings is 1. The SMILES string of the molecule is CCOC(=O)c1cc(NCC(=O)N(C)C)ncc1N. The zero-order chi connectivity index (χ0) is 14.4. The van der Waals surface area contributed by atoms with Crippen molar-refractivity contribution in [2.24, 2.45) is 0 Å². The molecule has 0 aliphatic heterocycles. The molecule has 0 aliphatic rings. The third-order valence-corrected chi connectivity index (χ3v) is 2.35. The number of anilines is 2. The smallest absolute Gasteiger partial charge is 0.340 e. The molecule has 0 unspecified atom stereocenters. The average Bonchev–Trinajstić information content (AvgIpc) is 2.37. The van der Waals surface area contributed by atoms with Gasteiger partial charge in [-0.05, 0) is 13.0 Å². The largest absolute Gasteiger partial charge is 0.462 e. The molecule has 7 nitrogen and oxygen atoms in total. The molecule has 0 spiro atoms. The number of hydrogen-bond donors (Lipinski definition) is 2. The third-order valence-electron chi connectivity index (χ3n) is 2.35. The number of nitrogens with one attached hydrogen (secondary N) is 1. The van der Waals surface area contributed by atoms with E-state index in [1.165, 1.54) is 17.2 Å². The van der Waals surface area contributed by atoms with Gasteiger partial charge in [0.2, 0.25) is 5.91 Å². The first-order valence-electron chi connectivity index (χ1n) is 5.82. The Labute approximate surface area is 111 Å². The van der Waals surface area contributed by atoms with E-state index >= 15 is 0 Å². The molecule has 1 aromatic rings. The van der Waals surface area contributed by atoms with Gasteiger partial charge in [-0.3, -0.25) is 4.79 Å². The van der Waals surface area contributed by atoms with Crippen LogP contribution < -0.4 is 11.1 Å². The van der Waals surface area contributed by atoms with Crippen LogP contribution in [-0.2, 0) is 9.53 Å². The lowest BCUT2D eigenvalue weighted by atomic mass is 10.2. The van der Waals surface area contributed by atoms with Crippen molar-refractivity contribution in [3.8, 4) is 0 Å². The summed E-state index contributed by atoms with van der Waals surface area (Å²) in [5.74, 6) is -0.215. The topological polar surface area (TPSA) is 97.5 Å². The molecule has 1 heterocycles. The van der Waals surface area contributed by atoms with E-state index < -0.39 is 5.97 Å². The molecule has 0 saturated heterocycles. The number of nitrogens with zero attached hydrogens (tertiary/aromatic N) is 2. The maximum atomic E-state index is 11.6. The van der Waals surface area contributed by atoms with Crippen LogP contribution in [0.3, 0.4) is 0 Å². The number of ether oxygens (including phenoxy) is 1. The number of esters is 1. The summed E-state index contributed by atoms with van der Waals surface area (Å²) in [6.07, 6.45) is 1.36. The Morgan fingerprint density at radius 1 is 1.47 bits per heavy atom. The van der Waals surface area contributed by atoms with Crippen molar-refractivity contribution < 1.29 is 14.3 Å². The van der Waals surface area contributed by atoms with Gasteiger partial charge in [0, 0.05) is 14.1 Å². The molecule has 0 aliphatic carbocycles. The Morgan fingerprint density at radius 3 is 2.74 bits per heavy atom. The number of nitrogen functional groups attached to an aromatic ring is 1. The minimum atomic E-state index is -0.510. The van der Waals surface area contributed by atoms with Gasteiger partial charge in [0.25, 0.3) is 0 Å². The standard InChI is InChI=1S/C12H18N4O3/c1-4-19-12(18)8-5-10(14-6-9(8)13)15-7-11(17)16(2)3/h5-6H,4,7,13H2,1-3H3,(H,14,15). The number of carbonyl (C=O) groups is 2. The van der Waals surface area contributed by atoms with Crippen LogP contribution in [0.5, 0.6) is 0 Å². The molecule has 1 amide bonds. The Hall–Kier alpha value is -2.31.